The second-order valence-electron chi connectivity index (χ2n) is 4.50. The predicted octanol–water partition coefficient (Wildman–Crippen LogP) is 3.71. The number of alkyl halides is 1. The minimum absolute atomic E-state index is 0.267. The van der Waals surface area contributed by atoms with Crippen molar-refractivity contribution in [2.45, 2.75) is 59.5 Å². The quantitative estimate of drug-likeness (QED) is 0.638. The van der Waals surface area contributed by atoms with E-state index in [1.165, 1.54) is 0 Å². The van der Waals surface area contributed by atoms with Crippen LogP contribution in [0.25, 0.3) is 0 Å². The lowest BCUT2D eigenvalue weighted by Crippen LogP contribution is -2.34. The molecule has 0 fully saturated rings. The van der Waals surface area contributed by atoms with Gasteiger partial charge in [0.2, 0.25) is 0 Å². The maximum absolute atomic E-state index is 12.7. The fraction of sp³-hybridized carbons (Fsp3) is 0.846. The first-order valence-electron chi connectivity index (χ1n) is 6.07. The molecule has 0 aromatic carbocycles. The maximum Gasteiger partial charge on any atom is 0.111 e. The Labute approximate surface area is 94.1 Å². The lowest BCUT2D eigenvalue weighted by Gasteiger charge is -2.20. The molecule has 0 heterocycles. The minimum Gasteiger partial charge on any atom is -0.308 e. The highest BCUT2D eigenvalue weighted by Crippen LogP contribution is 2.11. The van der Waals surface area contributed by atoms with Crippen LogP contribution in [0.5, 0.6) is 0 Å². The number of halogens is 1. The molecular formula is C13H26FN. The van der Waals surface area contributed by atoms with E-state index in [1.807, 2.05) is 19.9 Å². The van der Waals surface area contributed by atoms with Gasteiger partial charge >= 0.3 is 0 Å². The van der Waals surface area contributed by atoms with Gasteiger partial charge in [0.15, 0.2) is 0 Å². The summed E-state index contributed by atoms with van der Waals surface area (Å²) in [5, 5.41) is 3.49. The molecule has 0 rings (SSSR count). The summed E-state index contributed by atoms with van der Waals surface area (Å²) in [7, 11) is 0. The molecule has 0 saturated heterocycles. The Morgan fingerprint density at radius 3 is 2.07 bits per heavy atom. The predicted molar refractivity (Wildman–Crippen MR) is 65.9 cm³/mol. The average Bonchev–Trinajstić information content (AvgIpc) is 2.22. The van der Waals surface area contributed by atoms with Gasteiger partial charge in [0.25, 0.3) is 0 Å². The Balaban J connectivity index is 4.25. The molecule has 0 aromatic heterocycles. The third-order valence-corrected chi connectivity index (χ3v) is 2.84. The molecule has 90 valence electrons. The SMILES string of the molecule is CCC(CC)N[C@H](C)/C=C(/CF)C(C)C. The molecule has 0 amide bonds. The van der Waals surface area contributed by atoms with Gasteiger partial charge in [-0.25, -0.2) is 4.39 Å². The Morgan fingerprint density at radius 1 is 1.20 bits per heavy atom. The summed E-state index contributed by atoms with van der Waals surface area (Å²) in [6.45, 7) is 10.2. The van der Waals surface area contributed by atoms with Crippen LogP contribution in [0.4, 0.5) is 4.39 Å². The number of hydrogen-bond acceptors (Lipinski definition) is 1. The lowest BCUT2D eigenvalue weighted by atomic mass is 10.0. The van der Waals surface area contributed by atoms with Gasteiger partial charge in [-0.3, -0.25) is 0 Å². The highest BCUT2D eigenvalue weighted by atomic mass is 19.1. The topological polar surface area (TPSA) is 12.0 Å². The molecule has 0 radical (unpaired) electrons. The first-order valence-corrected chi connectivity index (χ1v) is 6.07. The Kier molecular flexibility index (Phi) is 7.67. The van der Waals surface area contributed by atoms with E-state index in [-0.39, 0.29) is 12.7 Å². The van der Waals surface area contributed by atoms with E-state index in [4.69, 9.17) is 0 Å². The van der Waals surface area contributed by atoms with Gasteiger partial charge in [-0.05, 0) is 31.3 Å². The molecule has 1 nitrogen and oxygen atoms in total. The molecule has 0 saturated carbocycles. The van der Waals surface area contributed by atoms with Crippen LogP contribution in [-0.4, -0.2) is 18.8 Å². The lowest BCUT2D eigenvalue weighted by molar-refractivity contribution is 0.452. The zero-order valence-electron chi connectivity index (χ0n) is 10.8. The largest absolute Gasteiger partial charge is 0.308 e. The van der Waals surface area contributed by atoms with Gasteiger partial charge in [-0.1, -0.05) is 33.8 Å². The molecule has 0 aliphatic heterocycles. The van der Waals surface area contributed by atoms with Crippen LogP contribution in [0, 0.1) is 5.92 Å². The van der Waals surface area contributed by atoms with Crippen LogP contribution in [0.3, 0.4) is 0 Å². The number of rotatable bonds is 7. The summed E-state index contributed by atoms with van der Waals surface area (Å²) >= 11 is 0. The second kappa shape index (κ2) is 7.86. The second-order valence-corrected chi connectivity index (χ2v) is 4.50. The van der Waals surface area contributed by atoms with Gasteiger partial charge in [-0.2, -0.15) is 0 Å². The molecule has 1 N–H and O–H groups in total. The van der Waals surface area contributed by atoms with Gasteiger partial charge < -0.3 is 5.32 Å². The highest BCUT2D eigenvalue weighted by molar-refractivity contribution is 5.09. The first-order chi connectivity index (χ1) is 7.04. The van der Waals surface area contributed by atoms with Crippen molar-refractivity contribution in [2.24, 2.45) is 5.92 Å². The fourth-order valence-electron chi connectivity index (χ4n) is 1.66. The van der Waals surface area contributed by atoms with Crippen molar-refractivity contribution in [1.82, 2.24) is 5.32 Å². The van der Waals surface area contributed by atoms with Crippen molar-refractivity contribution in [2.75, 3.05) is 6.67 Å². The van der Waals surface area contributed by atoms with Gasteiger partial charge in [-0.15, -0.1) is 0 Å². The molecule has 0 aliphatic rings. The number of allylic oxidation sites excluding steroid dienone is 1. The van der Waals surface area contributed by atoms with Crippen LogP contribution in [0.1, 0.15) is 47.5 Å². The summed E-state index contributed by atoms with van der Waals surface area (Å²) < 4.78 is 12.7. The standard InChI is InChI=1S/C13H26FN/c1-6-13(7-2)15-11(5)8-12(9-14)10(3)4/h8,10-11,13,15H,6-7,9H2,1-5H3/b12-8-/t11-/m1/s1. The zero-order valence-corrected chi connectivity index (χ0v) is 10.8. The molecule has 0 unspecified atom stereocenters. The molecule has 15 heavy (non-hydrogen) atoms. The van der Waals surface area contributed by atoms with Gasteiger partial charge in [0.1, 0.15) is 6.67 Å². The molecule has 0 spiro atoms. The number of nitrogens with one attached hydrogen (secondary N) is 1. The van der Waals surface area contributed by atoms with E-state index >= 15 is 0 Å². The van der Waals surface area contributed by atoms with Crippen LogP contribution in [-0.2, 0) is 0 Å². The maximum atomic E-state index is 12.7. The van der Waals surface area contributed by atoms with Crippen molar-refractivity contribution < 1.29 is 4.39 Å². The zero-order chi connectivity index (χ0) is 11.8. The Morgan fingerprint density at radius 2 is 1.73 bits per heavy atom. The van der Waals surface area contributed by atoms with Gasteiger partial charge in [0.05, 0.1) is 0 Å². The van der Waals surface area contributed by atoms with Gasteiger partial charge in [0, 0.05) is 12.1 Å². The van der Waals surface area contributed by atoms with Crippen molar-refractivity contribution in [1.29, 1.82) is 0 Å². The average molecular weight is 215 g/mol. The van der Waals surface area contributed by atoms with Crippen LogP contribution < -0.4 is 5.32 Å². The fourth-order valence-corrected chi connectivity index (χ4v) is 1.66. The van der Waals surface area contributed by atoms with Crippen LogP contribution >= 0.6 is 0 Å². The van der Waals surface area contributed by atoms with E-state index in [2.05, 4.69) is 26.1 Å². The molecule has 0 aliphatic carbocycles. The van der Waals surface area contributed by atoms with Crippen LogP contribution in [0.15, 0.2) is 11.6 Å². The Bertz CT molecular complexity index is 183. The molecule has 1 atom stereocenters. The Hall–Kier alpha value is -0.370. The summed E-state index contributed by atoms with van der Waals surface area (Å²) in [6.07, 6.45) is 4.28. The van der Waals surface area contributed by atoms with E-state index in [0.717, 1.165) is 18.4 Å². The molecule has 0 bridgehead atoms. The van der Waals surface area contributed by atoms with Crippen LogP contribution in [0.2, 0.25) is 0 Å². The monoisotopic (exact) mass is 215 g/mol. The highest BCUT2D eigenvalue weighted by Gasteiger charge is 2.09. The third kappa shape index (κ3) is 5.93. The van der Waals surface area contributed by atoms with E-state index in [1.54, 1.807) is 0 Å². The molecular weight excluding hydrogens is 189 g/mol. The molecule has 2 heteroatoms. The third-order valence-electron chi connectivity index (χ3n) is 2.84. The summed E-state index contributed by atoms with van der Waals surface area (Å²) in [4.78, 5) is 0. The summed E-state index contributed by atoms with van der Waals surface area (Å²) in [5.74, 6) is 0.306. The normalized spacial score (nSPS) is 15.1. The van der Waals surface area contributed by atoms with E-state index in [0.29, 0.717) is 12.0 Å². The smallest absolute Gasteiger partial charge is 0.111 e. The minimum atomic E-state index is -0.327. The van der Waals surface area contributed by atoms with Crippen molar-refractivity contribution in [3.8, 4) is 0 Å². The van der Waals surface area contributed by atoms with Crippen molar-refractivity contribution in [3.63, 3.8) is 0 Å². The summed E-state index contributed by atoms with van der Waals surface area (Å²) in [5.41, 5.74) is 0.904. The molecule has 0 aromatic rings. The van der Waals surface area contributed by atoms with E-state index in [9.17, 15) is 4.39 Å². The van der Waals surface area contributed by atoms with Crippen molar-refractivity contribution in [3.05, 3.63) is 11.6 Å². The van der Waals surface area contributed by atoms with Crippen molar-refractivity contribution >= 4 is 0 Å². The van der Waals surface area contributed by atoms with E-state index < -0.39 is 0 Å². The first kappa shape index (κ1) is 14.6. The number of hydrogen-bond donors (Lipinski definition) is 1. The summed E-state index contributed by atoms with van der Waals surface area (Å²) in [6, 6.07) is 0.812.